The highest BCUT2D eigenvalue weighted by Gasteiger charge is 2.53. The van der Waals surface area contributed by atoms with Crippen molar-refractivity contribution in [3.63, 3.8) is 0 Å². The number of anilines is 3. The maximum Gasteiger partial charge on any atom is 0.268 e. The number of hydrogen-bond acceptors (Lipinski definition) is 6. The summed E-state index contributed by atoms with van der Waals surface area (Å²) in [5.74, 6) is -1.66. The van der Waals surface area contributed by atoms with Gasteiger partial charge in [-0.25, -0.2) is 5.01 Å². The van der Waals surface area contributed by atoms with Gasteiger partial charge in [0.15, 0.2) is 5.60 Å². The zero-order chi connectivity index (χ0) is 33.7. The van der Waals surface area contributed by atoms with Crippen LogP contribution in [0.4, 0.5) is 17.1 Å². The SMILES string of the molecule is C[C@@H](/C=C/CC(=O)N(CCO)Cc1ccccc1)[C@]1(O)C(=O)N(c2ccccc2)c2ccc(N3N=C(c4ccccc4)CCC3=O)cc21. The van der Waals surface area contributed by atoms with Gasteiger partial charge in [-0.05, 0) is 41.5 Å². The summed E-state index contributed by atoms with van der Waals surface area (Å²) in [5, 5.41) is 28.0. The number of nitrogens with zero attached hydrogens (tertiary/aromatic N) is 4. The number of fused-ring (bicyclic) bond motifs is 1. The number of hydrazone groups is 1. The number of hydrogen-bond donors (Lipinski definition) is 2. The molecule has 3 amide bonds. The van der Waals surface area contributed by atoms with Gasteiger partial charge in [-0.2, -0.15) is 5.10 Å². The van der Waals surface area contributed by atoms with Crippen molar-refractivity contribution in [3.05, 3.63) is 138 Å². The normalized spacial score (nSPS) is 18.2. The van der Waals surface area contributed by atoms with Crippen molar-refractivity contribution >= 4 is 40.5 Å². The van der Waals surface area contributed by atoms with Crippen molar-refractivity contribution in [1.82, 2.24) is 4.90 Å². The molecular weight excluding hydrogens is 604 g/mol. The van der Waals surface area contributed by atoms with Crippen LogP contribution >= 0.6 is 0 Å². The first kappa shape index (κ1) is 32.6. The van der Waals surface area contributed by atoms with E-state index in [4.69, 9.17) is 5.10 Å². The third-order valence-electron chi connectivity index (χ3n) is 8.87. The number of aliphatic hydroxyl groups is 2. The fourth-order valence-corrected chi connectivity index (χ4v) is 6.27. The van der Waals surface area contributed by atoms with E-state index in [9.17, 15) is 24.6 Å². The Morgan fingerprint density at radius 3 is 2.27 bits per heavy atom. The minimum atomic E-state index is -2.00. The minimum absolute atomic E-state index is 0.0238. The van der Waals surface area contributed by atoms with Crippen molar-refractivity contribution in [2.75, 3.05) is 23.1 Å². The summed E-state index contributed by atoms with van der Waals surface area (Å²) in [6.45, 7) is 2.11. The van der Waals surface area contributed by atoms with E-state index in [1.165, 1.54) is 9.91 Å². The third-order valence-corrected chi connectivity index (χ3v) is 8.87. The van der Waals surface area contributed by atoms with E-state index in [1.807, 2.05) is 78.9 Å². The van der Waals surface area contributed by atoms with Gasteiger partial charge in [0.2, 0.25) is 11.8 Å². The molecule has 2 aliphatic heterocycles. The fourth-order valence-electron chi connectivity index (χ4n) is 6.27. The third kappa shape index (κ3) is 6.43. The Labute approximate surface area is 280 Å². The molecule has 0 bridgehead atoms. The van der Waals surface area contributed by atoms with Crippen molar-refractivity contribution in [2.24, 2.45) is 11.0 Å². The molecule has 0 saturated carbocycles. The first-order chi connectivity index (χ1) is 23.3. The van der Waals surface area contributed by atoms with E-state index in [0.29, 0.717) is 35.6 Å². The lowest BCUT2D eigenvalue weighted by molar-refractivity contribution is -0.138. The summed E-state index contributed by atoms with van der Waals surface area (Å²) in [5.41, 5.74) is 2.53. The molecule has 0 aliphatic carbocycles. The fraction of sp³-hybridized carbons (Fsp3) is 0.231. The predicted molar refractivity (Wildman–Crippen MR) is 185 cm³/mol. The maximum atomic E-state index is 14.2. The second-order valence-electron chi connectivity index (χ2n) is 12.0. The van der Waals surface area contributed by atoms with Crippen molar-refractivity contribution in [2.45, 2.75) is 38.3 Å². The van der Waals surface area contributed by atoms with E-state index in [-0.39, 0.29) is 37.8 Å². The first-order valence-electron chi connectivity index (χ1n) is 16.1. The van der Waals surface area contributed by atoms with Crippen LogP contribution in [0.15, 0.2) is 126 Å². The molecule has 4 aromatic rings. The van der Waals surface area contributed by atoms with Gasteiger partial charge in [0, 0.05) is 49.5 Å². The molecule has 0 spiro atoms. The van der Waals surface area contributed by atoms with Gasteiger partial charge in [0.25, 0.3) is 5.91 Å². The predicted octanol–water partition coefficient (Wildman–Crippen LogP) is 5.69. The monoisotopic (exact) mass is 642 g/mol. The Morgan fingerprint density at radius 1 is 0.917 bits per heavy atom. The molecule has 4 aromatic carbocycles. The van der Waals surface area contributed by atoms with Crippen LogP contribution in [0.25, 0.3) is 0 Å². The highest BCUT2D eigenvalue weighted by molar-refractivity contribution is 6.13. The summed E-state index contributed by atoms with van der Waals surface area (Å²) in [6.07, 6.45) is 4.14. The van der Waals surface area contributed by atoms with E-state index in [1.54, 1.807) is 54.3 Å². The van der Waals surface area contributed by atoms with Crippen LogP contribution in [-0.4, -0.2) is 51.7 Å². The molecule has 0 radical (unpaired) electrons. The number of para-hydroxylation sites is 1. The van der Waals surface area contributed by atoms with E-state index >= 15 is 0 Å². The van der Waals surface area contributed by atoms with Gasteiger partial charge in [-0.15, -0.1) is 0 Å². The second-order valence-corrected chi connectivity index (χ2v) is 12.0. The number of carbonyl (C=O) groups is 3. The molecule has 9 nitrogen and oxygen atoms in total. The molecular formula is C39H38N4O5. The topological polar surface area (TPSA) is 114 Å². The number of benzene rings is 4. The lowest BCUT2D eigenvalue weighted by Crippen LogP contribution is -2.43. The average Bonchev–Trinajstić information content (AvgIpc) is 3.35. The van der Waals surface area contributed by atoms with Crippen LogP contribution in [0.5, 0.6) is 0 Å². The van der Waals surface area contributed by atoms with Gasteiger partial charge in [-0.1, -0.05) is 97.9 Å². The molecule has 9 heteroatoms. The molecule has 0 unspecified atom stereocenters. The van der Waals surface area contributed by atoms with Crippen molar-refractivity contribution < 1.29 is 24.6 Å². The summed E-state index contributed by atoms with van der Waals surface area (Å²) in [7, 11) is 0. The Bertz CT molecular complexity index is 1840. The molecule has 2 atom stereocenters. The van der Waals surface area contributed by atoms with Gasteiger partial charge in [0.1, 0.15) is 0 Å². The summed E-state index contributed by atoms with van der Waals surface area (Å²) in [4.78, 5) is 43.6. The maximum absolute atomic E-state index is 14.2. The van der Waals surface area contributed by atoms with E-state index in [0.717, 1.165) is 16.8 Å². The molecule has 0 aromatic heterocycles. The smallest absolute Gasteiger partial charge is 0.268 e. The lowest BCUT2D eigenvalue weighted by atomic mass is 9.82. The minimum Gasteiger partial charge on any atom is -0.395 e. The summed E-state index contributed by atoms with van der Waals surface area (Å²) >= 11 is 0. The molecule has 0 saturated heterocycles. The van der Waals surface area contributed by atoms with Crippen molar-refractivity contribution in [3.8, 4) is 0 Å². The number of rotatable bonds is 11. The quantitative estimate of drug-likeness (QED) is 0.204. The number of carbonyl (C=O) groups excluding carboxylic acids is 3. The van der Waals surface area contributed by atoms with Gasteiger partial charge >= 0.3 is 0 Å². The Hall–Kier alpha value is -5.38. The standard InChI is InChI=1S/C39H38N4O5/c1-28(12-11-19-36(45)41(24-25-44)27-29-13-5-2-6-14-29)39(48)33-26-32(20-22-35(33)42(38(39)47)31-17-9-4-10-18-31)43-37(46)23-21-34(40-43)30-15-7-3-8-16-30/h2-18,20,22,26,28,44,48H,19,21,23-25,27H2,1H3/b12-11+/t28-,39+/m0/s1. The van der Waals surface area contributed by atoms with Gasteiger partial charge in [-0.3, -0.25) is 19.3 Å². The zero-order valence-electron chi connectivity index (χ0n) is 26.8. The molecule has 244 valence electrons. The molecule has 6 rings (SSSR count). The summed E-state index contributed by atoms with van der Waals surface area (Å²) < 4.78 is 0. The van der Waals surface area contributed by atoms with Crippen LogP contribution in [0.2, 0.25) is 0 Å². The first-order valence-corrected chi connectivity index (χ1v) is 16.1. The molecule has 2 aliphatic rings. The van der Waals surface area contributed by atoms with Gasteiger partial charge < -0.3 is 15.1 Å². The second kappa shape index (κ2) is 14.2. The van der Waals surface area contributed by atoms with Gasteiger partial charge in [0.05, 0.1) is 23.7 Å². The Kier molecular flexibility index (Phi) is 9.61. The van der Waals surface area contributed by atoms with Crippen LogP contribution in [0, 0.1) is 5.92 Å². The average molecular weight is 643 g/mol. The Morgan fingerprint density at radius 2 is 1.58 bits per heavy atom. The van der Waals surface area contributed by atoms with E-state index < -0.39 is 17.4 Å². The van der Waals surface area contributed by atoms with E-state index in [2.05, 4.69) is 0 Å². The Balaban J connectivity index is 1.31. The number of aliphatic hydroxyl groups excluding tert-OH is 1. The van der Waals surface area contributed by atoms with Crippen LogP contribution < -0.4 is 9.91 Å². The summed E-state index contributed by atoms with van der Waals surface area (Å²) in [6, 6.07) is 33.5. The van der Waals surface area contributed by atoms with Crippen LogP contribution in [0.3, 0.4) is 0 Å². The molecule has 2 N–H and O–H groups in total. The lowest BCUT2D eigenvalue weighted by Gasteiger charge is -2.28. The van der Waals surface area contributed by atoms with Crippen LogP contribution in [-0.2, 0) is 26.5 Å². The molecule has 48 heavy (non-hydrogen) atoms. The largest absolute Gasteiger partial charge is 0.395 e. The zero-order valence-corrected chi connectivity index (χ0v) is 26.8. The highest BCUT2D eigenvalue weighted by atomic mass is 16.3. The molecule has 2 heterocycles. The van der Waals surface area contributed by atoms with Crippen LogP contribution in [0.1, 0.15) is 42.9 Å². The molecule has 0 fully saturated rings. The number of amides is 3. The van der Waals surface area contributed by atoms with Crippen molar-refractivity contribution in [1.29, 1.82) is 0 Å². The highest BCUT2D eigenvalue weighted by Crippen LogP contribution is 2.49.